The average Bonchev–Trinajstić information content (AvgIpc) is 2.64. The van der Waals surface area contributed by atoms with Crippen molar-refractivity contribution in [2.24, 2.45) is 34.0 Å². The van der Waals surface area contributed by atoms with Crippen LogP contribution in [0, 0.1) is 34.0 Å². The molecule has 3 nitrogen and oxygen atoms in total. The second-order valence-corrected chi connectivity index (χ2v) is 10.9. The molecular formula is C22H36O3. The van der Waals surface area contributed by atoms with Crippen molar-refractivity contribution in [3.8, 4) is 0 Å². The van der Waals surface area contributed by atoms with Crippen LogP contribution in [0.1, 0.15) is 86.0 Å². The van der Waals surface area contributed by atoms with Gasteiger partial charge >= 0.3 is 5.97 Å². The van der Waals surface area contributed by atoms with Gasteiger partial charge in [0.25, 0.3) is 0 Å². The summed E-state index contributed by atoms with van der Waals surface area (Å²) in [5, 5.41) is 11.3. The topological polar surface area (TPSA) is 46.5 Å². The van der Waals surface area contributed by atoms with E-state index in [4.69, 9.17) is 4.74 Å². The van der Waals surface area contributed by atoms with E-state index in [0.717, 1.165) is 25.2 Å². The summed E-state index contributed by atoms with van der Waals surface area (Å²) in [6, 6.07) is 0. The van der Waals surface area contributed by atoms with Gasteiger partial charge < -0.3 is 9.84 Å². The molecule has 4 saturated carbocycles. The number of carbonyl (C=O) groups excluding carboxylic acids is 1. The Hall–Kier alpha value is -0.570. The van der Waals surface area contributed by atoms with Gasteiger partial charge in [-0.05, 0) is 80.5 Å². The van der Waals surface area contributed by atoms with Crippen molar-refractivity contribution in [2.45, 2.75) is 97.7 Å². The van der Waals surface area contributed by atoms with Crippen LogP contribution in [-0.4, -0.2) is 22.8 Å². The van der Waals surface area contributed by atoms with Crippen LogP contribution in [0.2, 0.25) is 0 Å². The molecule has 0 aliphatic heterocycles. The number of carbonyl (C=O) groups is 1. The van der Waals surface area contributed by atoms with E-state index in [-0.39, 0.29) is 23.4 Å². The predicted octanol–water partition coefficient (Wildman–Crippen LogP) is 4.71. The molecule has 0 amide bonds. The Morgan fingerprint density at radius 3 is 2.40 bits per heavy atom. The minimum Gasteiger partial charge on any atom is -0.459 e. The number of ether oxygens (including phenoxy) is 1. The lowest BCUT2D eigenvalue weighted by atomic mass is 9.41. The Labute approximate surface area is 152 Å². The molecular weight excluding hydrogens is 312 g/mol. The third-order valence-electron chi connectivity index (χ3n) is 9.26. The van der Waals surface area contributed by atoms with Gasteiger partial charge in [0, 0.05) is 12.3 Å². The van der Waals surface area contributed by atoms with Crippen LogP contribution in [0.3, 0.4) is 0 Å². The van der Waals surface area contributed by atoms with E-state index in [1.165, 1.54) is 39.0 Å². The molecule has 142 valence electrons. The highest BCUT2D eigenvalue weighted by Gasteiger charge is 2.71. The summed E-state index contributed by atoms with van der Waals surface area (Å²) in [6.45, 7) is 10.9. The minimum absolute atomic E-state index is 0.00322. The van der Waals surface area contributed by atoms with Crippen molar-refractivity contribution < 1.29 is 14.6 Å². The lowest BCUT2D eigenvalue weighted by Crippen LogP contribution is -2.60. The zero-order valence-electron chi connectivity index (χ0n) is 16.7. The molecule has 1 spiro atoms. The predicted molar refractivity (Wildman–Crippen MR) is 97.9 cm³/mol. The Morgan fingerprint density at radius 2 is 1.72 bits per heavy atom. The molecule has 4 fully saturated rings. The molecule has 0 saturated heterocycles. The minimum atomic E-state index is -0.867. The van der Waals surface area contributed by atoms with E-state index < -0.39 is 5.60 Å². The smallest absolute Gasteiger partial charge is 0.303 e. The second-order valence-electron chi connectivity index (χ2n) is 10.9. The number of hydrogen-bond acceptors (Lipinski definition) is 3. The van der Waals surface area contributed by atoms with E-state index >= 15 is 0 Å². The van der Waals surface area contributed by atoms with Crippen molar-refractivity contribution in [3.63, 3.8) is 0 Å². The quantitative estimate of drug-likeness (QED) is 0.698. The van der Waals surface area contributed by atoms with Crippen molar-refractivity contribution in [1.82, 2.24) is 0 Å². The van der Waals surface area contributed by atoms with Gasteiger partial charge in [0.15, 0.2) is 0 Å². The van der Waals surface area contributed by atoms with Crippen molar-refractivity contribution >= 4 is 5.97 Å². The summed E-state index contributed by atoms with van der Waals surface area (Å²) >= 11 is 0. The fourth-order valence-electron chi connectivity index (χ4n) is 8.46. The standard InChI is InChI=1S/C22H36O3/c1-14(23)25-18-21(5,24)15-7-8-17-20(4)11-6-10-19(2,3)16(20)9-12-22(17,18)13-15/h15-18,24H,6-13H2,1-5H3/t15-,16-,17+,18?,20?,21?,22-/m1/s1. The monoisotopic (exact) mass is 348 g/mol. The Kier molecular flexibility index (Phi) is 3.74. The average molecular weight is 349 g/mol. The molecule has 4 aliphatic carbocycles. The maximum Gasteiger partial charge on any atom is 0.303 e. The second kappa shape index (κ2) is 5.24. The van der Waals surface area contributed by atoms with Crippen molar-refractivity contribution in [2.75, 3.05) is 0 Å². The van der Waals surface area contributed by atoms with Gasteiger partial charge in [-0.2, -0.15) is 0 Å². The van der Waals surface area contributed by atoms with Crippen LogP contribution >= 0.6 is 0 Å². The zero-order chi connectivity index (χ0) is 18.3. The summed E-state index contributed by atoms with van der Waals surface area (Å²) in [4.78, 5) is 11.9. The van der Waals surface area contributed by atoms with Gasteiger partial charge in [-0.15, -0.1) is 0 Å². The third kappa shape index (κ3) is 2.23. The molecule has 0 radical (unpaired) electrons. The SMILES string of the molecule is CC(=O)OC1C(C)(O)[C@@H]2CC[C@H]3C4(C)CCCC(C)(C)[C@H]4CC[C@]13C2. The highest BCUT2D eigenvalue weighted by Crippen LogP contribution is 2.73. The van der Waals surface area contributed by atoms with Crippen LogP contribution in [0.4, 0.5) is 0 Å². The van der Waals surface area contributed by atoms with Gasteiger partial charge in [0.1, 0.15) is 11.7 Å². The Bertz CT molecular complexity index is 580. The van der Waals surface area contributed by atoms with Gasteiger partial charge in [0.2, 0.25) is 0 Å². The van der Waals surface area contributed by atoms with Crippen molar-refractivity contribution in [3.05, 3.63) is 0 Å². The van der Waals surface area contributed by atoms with E-state index in [0.29, 0.717) is 16.7 Å². The molecule has 3 heteroatoms. The highest BCUT2D eigenvalue weighted by atomic mass is 16.6. The van der Waals surface area contributed by atoms with Crippen LogP contribution in [0.5, 0.6) is 0 Å². The summed E-state index contributed by atoms with van der Waals surface area (Å²) in [5.41, 5.74) is -0.141. The molecule has 2 bridgehead atoms. The first-order chi connectivity index (χ1) is 11.5. The Morgan fingerprint density at radius 1 is 1.00 bits per heavy atom. The molecule has 4 rings (SSSR count). The fraction of sp³-hybridized carbons (Fsp3) is 0.955. The largest absolute Gasteiger partial charge is 0.459 e. The first kappa shape index (κ1) is 17.8. The van der Waals surface area contributed by atoms with Crippen LogP contribution in [0.25, 0.3) is 0 Å². The summed E-state index contributed by atoms with van der Waals surface area (Å²) in [6.07, 6.45) is 9.29. The molecule has 0 aromatic rings. The third-order valence-corrected chi connectivity index (χ3v) is 9.26. The molecule has 0 heterocycles. The van der Waals surface area contributed by atoms with Crippen LogP contribution in [0.15, 0.2) is 0 Å². The summed E-state index contributed by atoms with van der Waals surface area (Å²) in [5.74, 6) is 1.38. The molecule has 7 atom stereocenters. The molecule has 1 N–H and O–H groups in total. The molecule has 3 unspecified atom stereocenters. The van der Waals surface area contributed by atoms with Gasteiger partial charge in [-0.3, -0.25) is 4.79 Å². The maximum atomic E-state index is 11.9. The van der Waals surface area contributed by atoms with E-state index in [9.17, 15) is 9.90 Å². The normalized spacial score (nSPS) is 53.7. The highest BCUT2D eigenvalue weighted by molar-refractivity contribution is 5.66. The fourth-order valence-corrected chi connectivity index (χ4v) is 8.46. The zero-order valence-corrected chi connectivity index (χ0v) is 16.7. The summed E-state index contributed by atoms with van der Waals surface area (Å²) in [7, 11) is 0. The van der Waals surface area contributed by atoms with Gasteiger partial charge in [-0.25, -0.2) is 0 Å². The summed E-state index contributed by atoms with van der Waals surface area (Å²) < 4.78 is 5.89. The maximum absolute atomic E-state index is 11.9. The lowest BCUT2D eigenvalue weighted by molar-refractivity contribution is -0.201. The van der Waals surface area contributed by atoms with Crippen molar-refractivity contribution in [1.29, 1.82) is 0 Å². The van der Waals surface area contributed by atoms with Crippen LogP contribution < -0.4 is 0 Å². The van der Waals surface area contributed by atoms with Gasteiger partial charge in [0.05, 0.1) is 0 Å². The number of fused-ring (bicyclic) bond motifs is 3. The van der Waals surface area contributed by atoms with E-state index in [2.05, 4.69) is 20.8 Å². The molecule has 4 aliphatic rings. The van der Waals surface area contributed by atoms with E-state index in [1.807, 2.05) is 6.92 Å². The number of esters is 1. The number of rotatable bonds is 1. The molecule has 25 heavy (non-hydrogen) atoms. The lowest BCUT2D eigenvalue weighted by Gasteiger charge is -2.64. The number of aliphatic hydroxyl groups is 1. The molecule has 0 aromatic heterocycles. The molecule has 0 aromatic carbocycles. The van der Waals surface area contributed by atoms with Gasteiger partial charge in [-0.1, -0.05) is 27.2 Å². The van der Waals surface area contributed by atoms with E-state index in [1.54, 1.807) is 0 Å². The first-order valence-corrected chi connectivity index (χ1v) is 10.4. The first-order valence-electron chi connectivity index (χ1n) is 10.4. The van der Waals surface area contributed by atoms with Crippen LogP contribution in [-0.2, 0) is 9.53 Å². The Balaban J connectivity index is 1.78. The number of hydrogen-bond donors (Lipinski definition) is 1.